The summed E-state index contributed by atoms with van der Waals surface area (Å²) in [7, 11) is -3.82. The van der Waals surface area contributed by atoms with Gasteiger partial charge in [0.25, 0.3) is 0 Å². The van der Waals surface area contributed by atoms with Crippen molar-refractivity contribution in [2.24, 2.45) is 0 Å². The lowest BCUT2D eigenvalue weighted by atomic mass is 10.1. The first kappa shape index (κ1) is 22.0. The maximum absolute atomic E-state index is 13.5. The number of carbonyl (C=O) groups is 1. The summed E-state index contributed by atoms with van der Waals surface area (Å²) >= 11 is 5.92. The number of anilines is 2. The molecule has 2 N–H and O–H groups in total. The van der Waals surface area contributed by atoms with Crippen molar-refractivity contribution in [2.45, 2.75) is 30.8 Å². The molecule has 0 radical (unpaired) electrons. The van der Waals surface area contributed by atoms with Crippen molar-refractivity contribution in [3.05, 3.63) is 52.5 Å². The zero-order valence-electron chi connectivity index (χ0n) is 14.7. The van der Waals surface area contributed by atoms with Gasteiger partial charge >= 0.3 is 12.1 Å². The number of aryl methyl sites for hydroxylation is 1. The second-order valence-corrected chi connectivity index (χ2v) is 8.64. The minimum Gasteiger partial charge on any atom is -0.481 e. The summed E-state index contributed by atoms with van der Waals surface area (Å²) in [6.07, 6.45) is -4.93. The van der Waals surface area contributed by atoms with Crippen LogP contribution in [0.4, 0.5) is 24.5 Å². The molecule has 0 bridgehead atoms. The number of aliphatic carboxylic acids is 1. The zero-order chi connectivity index (χ0) is 21.1. The molecule has 2 aromatic carbocycles. The molecule has 0 aliphatic rings. The summed E-state index contributed by atoms with van der Waals surface area (Å²) in [5, 5.41) is 11.7. The number of rotatable bonds is 7. The lowest BCUT2D eigenvalue weighted by Gasteiger charge is -2.18. The third-order valence-corrected chi connectivity index (χ3v) is 5.95. The lowest BCUT2D eigenvalue weighted by molar-refractivity contribution is -0.137. The van der Waals surface area contributed by atoms with E-state index in [1.54, 1.807) is 0 Å². The monoisotopic (exact) mass is 435 g/mol. The van der Waals surface area contributed by atoms with Crippen molar-refractivity contribution >= 4 is 38.8 Å². The number of hydrogen-bond acceptors (Lipinski definition) is 4. The average Bonchev–Trinajstić information content (AvgIpc) is 2.60. The van der Waals surface area contributed by atoms with Crippen molar-refractivity contribution in [1.82, 2.24) is 0 Å². The molecule has 0 fully saturated rings. The van der Waals surface area contributed by atoms with E-state index in [1.165, 1.54) is 25.1 Å². The second kappa shape index (κ2) is 8.40. The molecule has 0 spiro atoms. The molecule has 0 aliphatic carbocycles. The first-order valence-electron chi connectivity index (χ1n) is 8.15. The Bertz CT molecular complexity index is 991. The third kappa shape index (κ3) is 5.39. The van der Waals surface area contributed by atoms with E-state index in [1.807, 2.05) is 0 Å². The molecular weight excluding hydrogens is 419 g/mol. The summed E-state index contributed by atoms with van der Waals surface area (Å²) in [6.45, 7) is 1.34. The van der Waals surface area contributed by atoms with Crippen LogP contribution in [0.3, 0.4) is 0 Å². The van der Waals surface area contributed by atoms with E-state index in [2.05, 4.69) is 5.32 Å². The van der Waals surface area contributed by atoms with Crippen LogP contribution in [0.1, 0.15) is 24.5 Å². The molecule has 0 atom stereocenters. The highest BCUT2D eigenvalue weighted by Crippen LogP contribution is 2.38. The minimum absolute atomic E-state index is 0.0818. The van der Waals surface area contributed by atoms with Gasteiger partial charge in [0.2, 0.25) is 0 Å². The highest BCUT2D eigenvalue weighted by molar-refractivity contribution is 7.91. The minimum atomic E-state index is -4.80. The summed E-state index contributed by atoms with van der Waals surface area (Å²) in [4.78, 5) is 10.4. The number of benzene rings is 2. The number of halogens is 4. The van der Waals surface area contributed by atoms with Crippen LogP contribution in [0, 0.1) is 0 Å². The molecule has 0 saturated heterocycles. The Hall–Kier alpha value is -2.26. The number of carboxylic acid groups (broad SMARTS) is 1. The zero-order valence-corrected chi connectivity index (χ0v) is 16.2. The fraction of sp³-hybridized carbons (Fsp3) is 0.278. The van der Waals surface area contributed by atoms with Crippen LogP contribution in [0.5, 0.6) is 0 Å². The van der Waals surface area contributed by atoms with E-state index in [0.29, 0.717) is 11.6 Å². The number of alkyl halides is 3. The van der Waals surface area contributed by atoms with Crippen molar-refractivity contribution in [2.75, 3.05) is 11.1 Å². The van der Waals surface area contributed by atoms with Gasteiger partial charge in [0.05, 0.1) is 21.9 Å². The summed E-state index contributed by atoms with van der Waals surface area (Å²) in [5.41, 5.74) is -0.830. The van der Waals surface area contributed by atoms with Gasteiger partial charge in [-0.2, -0.15) is 13.2 Å². The molecule has 0 saturated carbocycles. The Balaban J connectivity index is 2.52. The number of sulfone groups is 1. The molecule has 0 aliphatic heterocycles. The highest BCUT2D eigenvalue weighted by Gasteiger charge is 2.35. The topological polar surface area (TPSA) is 83.5 Å². The Morgan fingerprint density at radius 1 is 1.14 bits per heavy atom. The molecule has 0 unspecified atom stereocenters. The Morgan fingerprint density at radius 2 is 1.82 bits per heavy atom. The van der Waals surface area contributed by atoms with Gasteiger partial charge in [0.1, 0.15) is 0 Å². The molecule has 10 heteroatoms. The van der Waals surface area contributed by atoms with Gasteiger partial charge in [0, 0.05) is 17.1 Å². The molecule has 152 valence electrons. The maximum Gasteiger partial charge on any atom is 0.418 e. The largest absolute Gasteiger partial charge is 0.481 e. The van der Waals surface area contributed by atoms with Gasteiger partial charge in [-0.15, -0.1) is 0 Å². The SMILES string of the molecule is CCS(=O)(=O)c1ccc(Nc2cc(Cl)ccc2CCC(=O)O)c(C(F)(F)F)c1. The fourth-order valence-electron chi connectivity index (χ4n) is 2.50. The van der Waals surface area contributed by atoms with Gasteiger partial charge in [0.15, 0.2) is 9.84 Å². The maximum atomic E-state index is 13.5. The second-order valence-electron chi connectivity index (χ2n) is 5.93. The number of hydrogen-bond donors (Lipinski definition) is 2. The van der Waals surface area contributed by atoms with Crippen LogP contribution in [-0.4, -0.2) is 25.2 Å². The summed E-state index contributed by atoms with van der Waals surface area (Å²) in [6, 6.07) is 7.13. The quantitative estimate of drug-likeness (QED) is 0.645. The lowest BCUT2D eigenvalue weighted by Crippen LogP contribution is -2.12. The molecule has 0 amide bonds. The molecule has 0 heterocycles. The third-order valence-electron chi connectivity index (χ3n) is 3.99. The van der Waals surface area contributed by atoms with Crippen LogP contribution < -0.4 is 5.32 Å². The van der Waals surface area contributed by atoms with Gasteiger partial charge in [-0.05, 0) is 42.3 Å². The van der Waals surface area contributed by atoms with Crippen molar-refractivity contribution in [3.63, 3.8) is 0 Å². The van der Waals surface area contributed by atoms with Crippen molar-refractivity contribution in [3.8, 4) is 0 Å². The van der Waals surface area contributed by atoms with Gasteiger partial charge in [-0.3, -0.25) is 4.79 Å². The number of nitrogens with one attached hydrogen (secondary N) is 1. The van der Waals surface area contributed by atoms with E-state index in [-0.39, 0.29) is 35.0 Å². The standard InChI is InChI=1S/C18H17ClF3NO4S/c1-2-28(26,27)13-6-7-15(14(10-13)18(20,21)22)23-16-9-12(19)5-3-11(16)4-8-17(24)25/h3,5-7,9-10,23H,2,4,8H2,1H3,(H,24,25). The van der Waals surface area contributed by atoms with Crippen LogP contribution in [-0.2, 0) is 27.2 Å². The highest BCUT2D eigenvalue weighted by atomic mass is 35.5. The van der Waals surface area contributed by atoms with E-state index >= 15 is 0 Å². The van der Waals surface area contributed by atoms with Crippen molar-refractivity contribution in [1.29, 1.82) is 0 Å². The molecular formula is C18H17ClF3NO4S. The smallest absolute Gasteiger partial charge is 0.418 e. The van der Waals surface area contributed by atoms with Gasteiger partial charge in [-0.25, -0.2) is 8.42 Å². The van der Waals surface area contributed by atoms with Crippen LogP contribution in [0.15, 0.2) is 41.3 Å². The van der Waals surface area contributed by atoms with Gasteiger partial charge < -0.3 is 10.4 Å². The van der Waals surface area contributed by atoms with E-state index in [9.17, 15) is 26.4 Å². The molecule has 2 rings (SSSR count). The van der Waals surface area contributed by atoms with Crippen molar-refractivity contribution < 1.29 is 31.5 Å². The predicted octanol–water partition coefficient (Wildman–Crippen LogP) is 4.91. The van der Waals surface area contributed by atoms with Crippen LogP contribution in [0.25, 0.3) is 0 Å². The van der Waals surface area contributed by atoms with Crippen LogP contribution in [0.2, 0.25) is 5.02 Å². The Labute approximate surface area is 165 Å². The first-order chi connectivity index (χ1) is 12.9. The Kier molecular flexibility index (Phi) is 6.61. The predicted molar refractivity (Wildman–Crippen MR) is 99.9 cm³/mol. The van der Waals surface area contributed by atoms with E-state index in [4.69, 9.17) is 16.7 Å². The molecule has 28 heavy (non-hydrogen) atoms. The fourth-order valence-corrected chi connectivity index (χ4v) is 3.57. The average molecular weight is 436 g/mol. The van der Waals surface area contributed by atoms with E-state index < -0.39 is 32.4 Å². The summed E-state index contributed by atoms with van der Waals surface area (Å²) in [5.74, 6) is -1.38. The summed E-state index contributed by atoms with van der Waals surface area (Å²) < 4.78 is 64.4. The van der Waals surface area contributed by atoms with Crippen LogP contribution >= 0.6 is 11.6 Å². The van der Waals surface area contributed by atoms with E-state index in [0.717, 1.165) is 12.1 Å². The normalized spacial score (nSPS) is 12.0. The Morgan fingerprint density at radius 3 is 2.39 bits per heavy atom. The molecule has 5 nitrogen and oxygen atoms in total. The van der Waals surface area contributed by atoms with Gasteiger partial charge in [-0.1, -0.05) is 24.6 Å². The molecule has 0 aromatic heterocycles. The molecule has 2 aromatic rings. The first-order valence-corrected chi connectivity index (χ1v) is 10.2. The number of carboxylic acids is 1.